The summed E-state index contributed by atoms with van der Waals surface area (Å²) in [4.78, 5) is 10.6. The molecule has 1 aliphatic carbocycles. The molecule has 1 rings (SSSR count). The molecule has 0 aromatic rings. The van der Waals surface area contributed by atoms with Gasteiger partial charge in [0.2, 0.25) is 0 Å². The van der Waals surface area contributed by atoms with E-state index in [4.69, 9.17) is 5.11 Å². The third-order valence-electron chi connectivity index (χ3n) is 2.74. The minimum Gasteiger partial charge on any atom is -0.481 e. The zero-order chi connectivity index (χ0) is 11.1. The van der Waals surface area contributed by atoms with Crippen LogP contribution in [0.1, 0.15) is 13.8 Å². The first-order valence-electron chi connectivity index (χ1n) is 4.16. The molecule has 2 unspecified atom stereocenters. The van der Waals surface area contributed by atoms with E-state index < -0.39 is 41.5 Å². The van der Waals surface area contributed by atoms with E-state index in [0.29, 0.717) is 0 Å². The van der Waals surface area contributed by atoms with Crippen LogP contribution < -0.4 is 0 Å². The van der Waals surface area contributed by atoms with Gasteiger partial charge in [-0.25, -0.2) is 13.2 Å². The van der Waals surface area contributed by atoms with Gasteiger partial charge in [-0.15, -0.1) is 0 Å². The Labute approximate surface area is 79.4 Å². The summed E-state index contributed by atoms with van der Waals surface area (Å²) in [6.45, 7) is 1.51. The van der Waals surface area contributed by atoms with Crippen LogP contribution in [0.25, 0.3) is 0 Å². The Balaban J connectivity index is 2.89. The molecule has 1 N–H and O–H groups in total. The quantitative estimate of drug-likeness (QED) is 0.773. The van der Waals surface area contributed by atoms with Crippen LogP contribution >= 0.6 is 0 Å². The molecular formula is C9H11F3O2. The van der Waals surface area contributed by atoms with Crippen LogP contribution in [0.15, 0.2) is 11.7 Å². The van der Waals surface area contributed by atoms with Gasteiger partial charge in [0, 0.05) is 5.92 Å². The fourth-order valence-electron chi connectivity index (χ4n) is 1.80. The first-order chi connectivity index (χ1) is 6.34. The van der Waals surface area contributed by atoms with Gasteiger partial charge in [-0.2, -0.15) is 0 Å². The largest absolute Gasteiger partial charge is 0.481 e. The summed E-state index contributed by atoms with van der Waals surface area (Å²) in [6.07, 6.45) is 0. The van der Waals surface area contributed by atoms with Gasteiger partial charge >= 0.3 is 5.97 Å². The van der Waals surface area contributed by atoms with E-state index in [9.17, 15) is 18.0 Å². The third kappa shape index (κ3) is 1.51. The number of hydrogen-bond acceptors (Lipinski definition) is 1. The maximum atomic E-state index is 13.1. The van der Waals surface area contributed by atoms with Gasteiger partial charge in [-0.3, -0.25) is 4.79 Å². The van der Waals surface area contributed by atoms with Gasteiger partial charge in [0.25, 0.3) is 0 Å². The Morgan fingerprint density at radius 3 is 2.14 bits per heavy atom. The number of aliphatic carboxylic acids is 1. The lowest BCUT2D eigenvalue weighted by Crippen LogP contribution is -2.03. The maximum Gasteiger partial charge on any atom is 0.307 e. The zero-order valence-electron chi connectivity index (χ0n) is 7.85. The molecule has 0 aromatic heterocycles. The molecule has 0 amide bonds. The molecule has 0 radical (unpaired) electrons. The number of alkyl halides is 1. The number of carboxylic acid groups (broad SMARTS) is 1. The Morgan fingerprint density at radius 1 is 1.36 bits per heavy atom. The molecule has 1 saturated carbocycles. The molecule has 0 aromatic carbocycles. The molecule has 0 saturated heterocycles. The highest BCUT2D eigenvalue weighted by molar-refractivity contribution is 5.76. The SMILES string of the molecule is CC1(C)C(C(=O)O)C1/C(F)=C(/F)CF. The van der Waals surface area contributed by atoms with Gasteiger partial charge in [0.15, 0.2) is 5.83 Å². The van der Waals surface area contributed by atoms with Crippen molar-refractivity contribution in [3.05, 3.63) is 11.7 Å². The third-order valence-corrected chi connectivity index (χ3v) is 2.74. The second-order valence-electron chi connectivity index (χ2n) is 4.00. The molecule has 2 nitrogen and oxygen atoms in total. The van der Waals surface area contributed by atoms with Crippen molar-refractivity contribution in [3.63, 3.8) is 0 Å². The van der Waals surface area contributed by atoms with Crippen LogP contribution in [0.5, 0.6) is 0 Å². The van der Waals surface area contributed by atoms with E-state index in [1.807, 2.05) is 0 Å². The lowest BCUT2D eigenvalue weighted by Gasteiger charge is -1.99. The van der Waals surface area contributed by atoms with Crippen molar-refractivity contribution in [2.75, 3.05) is 6.67 Å². The molecule has 0 spiro atoms. The predicted octanol–water partition coefficient (Wildman–Crippen LogP) is 2.46. The van der Waals surface area contributed by atoms with Crippen molar-refractivity contribution >= 4 is 5.97 Å². The predicted molar refractivity (Wildman–Crippen MR) is 43.6 cm³/mol. The maximum absolute atomic E-state index is 13.1. The number of rotatable bonds is 3. The molecule has 0 heterocycles. The molecule has 14 heavy (non-hydrogen) atoms. The minimum atomic E-state index is -1.52. The second kappa shape index (κ2) is 3.29. The van der Waals surface area contributed by atoms with Crippen molar-refractivity contribution in [2.24, 2.45) is 17.3 Å². The van der Waals surface area contributed by atoms with E-state index in [2.05, 4.69) is 0 Å². The monoisotopic (exact) mass is 208 g/mol. The standard InChI is InChI=1S/C9H11F3O2/c1-9(2)5(6(9)8(13)14)7(12)4(11)3-10/h5-6H,3H2,1-2H3,(H,13,14)/b7-4-. The molecule has 1 fully saturated rings. The van der Waals surface area contributed by atoms with Crippen LogP contribution in [0.3, 0.4) is 0 Å². The molecule has 0 aliphatic heterocycles. The lowest BCUT2D eigenvalue weighted by atomic mass is 10.1. The average Bonchev–Trinajstić information content (AvgIpc) is 2.66. The van der Waals surface area contributed by atoms with E-state index in [-0.39, 0.29) is 0 Å². The Kier molecular flexibility index (Phi) is 2.61. The van der Waals surface area contributed by atoms with Gasteiger partial charge in [-0.05, 0) is 5.41 Å². The molecule has 1 aliphatic rings. The number of carboxylic acids is 1. The van der Waals surface area contributed by atoms with E-state index in [1.54, 1.807) is 0 Å². The minimum absolute atomic E-state index is 0.831. The molecule has 80 valence electrons. The lowest BCUT2D eigenvalue weighted by molar-refractivity contribution is -0.139. The van der Waals surface area contributed by atoms with E-state index >= 15 is 0 Å². The van der Waals surface area contributed by atoms with Gasteiger partial charge < -0.3 is 5.11 Å². The topological polar surface area (TPSA) is 37.3 Å². The van der Waals surface area contributed by atoms with Crippen molar-refractivity contribution < 1.29 is 23.1 Å². The molecule has 0 bridgehead atoms. The Morgan fingerprint density at radius 2 is 1.86 bits per heavy atom. The van der Waals surface area contributed by atoms with Crippen molar-refractivity contribution in [1.82, 2.24) is 0 Å². The summed E-state index contributed by atoms with van der Waals surface area (Å²) < 4.78 is 37.4. The summed E-state index contributed by atoms with van der Waals surface area (Å²) >= 11 is 0. The highest BCUT2D eigenvalue weighted by Gasteiger charge is 2.65. The molecular weight excluding hydrogens is 197 g/mol. The fourth-order valence-corrected chi connectivity index (χ4v) is 1.80. The first kappa shape index (κ1) is 11.1. The van der Waals surface area contributed by atoms with Crippen LogP contribution in [-0.4, -0.2) is 17.8 Å². The summed E-state index contributed by atoms with van der Waals surface area (Å²) in [5.41, 5.74) is -0.831. The van der Waals surface area contributed by atoms with Crippen LogP contribution in [0.4, 0.5) is 13.2 Å². The van der Waals surface area contributed by atoms with Crippen LogP contribution in [0, 0.1) is 17.3 Å². The molecule has 2 atom stereocenters. The average molecular weight is 208 g/mol. The van der Waals surface area contributed by atoms with Crippen molar-refractivity contribution in [1.29, 1.82) is 0 Å². The van der Waals surface area contributed by atoms with Gasteiger partial charge in [-0.1, -0.05) is 13.8 Å². The van der Waals surface area contributed by atoms with Crippen molar-refractivity contribution in [3.8, 4) is 0 Å². The Bertz CT molecular complexity index is 296. The van der Waals surface area contributed by atoms with Gasteiger partial charge in [0.05, 0.1) is 5.92 Å². The summed E-state index contributed by atoms with van der Waals surface area (Å²) in [5.74, 6) is -5.92. The van der Waals surface area contributed by atoms with Crippen LogP contribution in [-0.2, 0) is 4.79 Å². The van der Waals surface area contributed by atoms with E-state index in [1.165, 1.54) is 13.8 Å². The smallest absolute Gasteiger partial charge is 0.307 e. The zero-order valence-corrected chi connectivity index (χ0v) is 7.85. The number of allylic oxidation sites excluding steroid dienone is 2. The highest BCUT2D eigenvalue weighted by atomic mass is 19.2. The number of carbonyl (C=O) groups is 1. The summed E-state index contributed by atoms with van der Waals surface area (Å²) in [7, 11) is 0. The number of hydrogen-bond donors (Lipinski definition) is 1. The fraction of sp³-hybridized carbons (Fsp3) is 0.667. The Hall–Kier alpha value is -1.00. The van der Waals surface area contributed by atoms with Gasteiger partial charge in [0.1, 0.15) is 12.5 Å². The summed E-state index contributed by atoms with van der Waals surface area (Å²) in [6, 6.07) is 0. The first-order valence-corrected chi connectivity index (χ1v) is 4.16. The summed E-state index contributed by atoms with van der Waals surface area (Å²) in [5, 5.41) is 8.66. The molecule has 5 heteroatoms. The highest BCUT2D eigenvalue weighted by Crippen LogP contribution is 2.62. The van der Waals surface area contributed by atoms with Crippen LogP contribution in [0.2, 0.25) is 0 Å². The van der Waals surface area contributed by atoms with Crippen molar-refractivity contribution in [2.45, 2.75) is 13.8 Å². The second-order valence-corrected chi connectivity index (χ2v) is 4.00. The van der Waals surface area contributed by atoms with E-state index in [0.717, 1.165) is 0 Å². The number of halogens is 3. The normalized spacial score (nSPS) is 30.9.